The van der Waals surface area contributed by atoms with Gasteiger partial charge in [0.2, 0.25) is 0 Å². The van der Waals surface area contributed by atoms with Gasteiger partial charge in [0.15, 0.2) is 0 Å². The molecule has 0 radical (unpaired) electrons. The summed E-state index contributed by atoms with van der Waals surface area (Å²) in [5.41, 5.74) is 18.8. The van der Waals surface area contributed by atoms with Gasteiger partial charge in [0.25, 0.3) is 0 Å². The van der Waals surface area contributed by atoms with Gasteiger partial charge in [-0.2, -0.15) is 0 Å². The van der Waals surface area contributed by atoms with E-state index in [1.807, 2.05) is 0 Å². The minimum absolute atomic E-state index is 0.0355. The van der Waals surface area contributed by atoms with Crippen molar-refractivity contribution in [3.63, 3.8) is 0 Å². The highest BCUT2D eigenvalue weighted by molar-refractivity contribution is 6.93. The van der Waals surface area contributed by atoms with E-state index in [4.69, 9.17) is 0 Å². The molecule has 0 atom stereocenters. The molecule has 0 saturated carbocycles. The van der Waals surface area contributed by atoms with E-state index in [9.17, 15) is 0 Å². The summed E-state index contributed by atoms with van der Waals surface area (Å²) >= 11 is 0. The lowest BCUT2D eigenvalue weighted by molar-refractivity contribution is 0.590. The van der Waals surface area contributed by atoms with E-state index in [2.05, 4.69) is 164 Å². The van der Waals surface area contributed by atoms with Crippen LogP contribution < -0.4 is 20.6 Å². The van der Waals surface area contributed by atoms with Crippen LogP contribution in [0.1, 0.15) is 50.3 Å². The first kappa shape index (κ1) is 28.2. The van der Waals surface area contributed by atoms with Gasteiger partial charge in [0, 0.05) is 39.6 Å². The average Bonchev–Trinajstić information content (AvgIpc) is 3.11. The minimum Gasteiger partial charge on any atom is -0.376 e. The molecular weight excluding hydrogens is 567 g/mol. The number of anilines is 5. The fourth-order valence-electron chi connectivity index (χ4n) is 8.37. The first-order chi connectivity index (χ1) is 23.0. The summed E-state index contributed by atoms with van der Waals surface area (Å²) in [5, 5.41) is 0. The Kier molecular flexibility index (Phi) is 6.47. The van der Waals surface area contributed by atoms with Crippen LogP contribution in [-0.2, 0) is 18.3 Å². The molecule has 6 aromatic rings. The molecule has 0 amide bonds. The molecule has 0 fully saturated rings. The van der Waals surface area contributed by atoms with E-state index < -0.39 is 0 Å². The van der Waals surface area contributed by atoms with Gasteiger partial charge < -0.3 is 9.71 Å². The molecule has 2 aliphatic heterocycles. The molecule has 0 spiro atoms. The third-order valence-electron chi connectivity index (χ3n) is 10.6. The summed E-state index contributed by atoms with van der Waals surface area (Å²) < 4.78 is 0. The Bertz CT molecular complexity index is 2140. The Morgan fingerprint density at radius 3 is 2.04 bits per heavy atom. The normalized spacial score (nSPS) is 14.7. The van der Waals surface area contributed by atoms with Crippen molar-refractivity contribution < 1.29 is 0 Å². The first-order valence-electron chi connectivity index (χ1n) is 17.2. The van der Waals surface area contributed by atoms with E-state index in [1.165, 1.54) is 91.1 Å². The van der Waals surface area contributed by atoms with Crippen LogP contribution in [0.15, 0.2) is 133 Å². The number of hydrogen-bond donors (Lipinski definition) is 0. The topological polar surface area (TPSA) is 6.48 Å². The van der Waals surface area contributed by atoms with Crippen LogP contribution in [0.2, 0.25) is 0 Å². The minimum atomic E-state index is 0.0355. The first-order valence-corrected chi connectivity index (χ1v) is 17.2. The van der Waals surface area contributed by atoms with Crippen molar-refractivity contribution in [3.05, 3.63) is 150 Å². The van der Waals surface area contributed by atoms with Crippen LogP contribution in [0.4, 0.5) is 28.4 Å². The maximum absolute atomic E-state index is 2.73. The lowest BCUT2D eigenvalue weighted by atomic mass is 9.43. The Labute approximate surface area is 279 Å². The molecule has 228 valence electrons. The largest absolute Gasteiger partial charge is 0.376 e. The Balaban J connectivity index is 1.35. The predicted octanol–water partition coefficient (Wildman–Crippen LogP) is 10.2. The average molecular weight is 607 g/mol. The van der Waals surface area contributed by atoms with Crippen LogP contribution >= 0.6 is 0 Å². The molecule has 0 aromatic heterocycles. The van der Waals surface area contributed by atoms with Crippen LogP contribution in [0.3, 0.4) is 0 Å². The maximum atomic E-state index is 2.73. The summed E-state index contributed by atoms with van der Waals surface area (Å²) in [6, 6.07) is 50.2. The van der Waals surface area contributed by atoms with Crippen molar-refractivity contribution in [2.75, 3.05) is 9.71 Å². The third kappa shape index (κ3) is 4.40. The van der Waals surface area contributed by atoms with Crippen LogP contribution in [0, 0.1) is 0 Å². The van der Waals surface area contributed by atoms with Gasteiger partial charge in [-0.05, 0) is 100 Å². The van der Waals surface area contributed by atoms with E-state index in [-0.39, 0.29) is 12.3 Å². The fraction of sp³-hybridized carbons (Fsp3) is 0.182. The standard InChI is InChI=1S/C44H39BN2/c1-44(2,3)32-25-27-33(28-26-32)46-40-22-12-10-20-38(40)45-42-37(19-13-23-41(42)46)36-18-9-11-21-39(36)47(45)43-34-17-8-7-16-31(34)24-29-35(43)30-14-5-4-6-15-30/h4-6,9-15,18-29H,7-8,16-17H2,1-3H3. The molecule has 1 aliphatic carbocycles. The van der Waals surface area contributed by atoms with Crippen LogP contribution in [0.25, 0.3) is 22.3 Å². The second-order valence-electron chi connectivity index (χ2n) is 14.4. The molecular formula is C44H39BN2. The van der Waals surface area contributed by atoms with Crippen molar-refractivity contribution in [2.45, 2.75) is 51.9 Å². The van der Waals surface area contributed by atoms with Gasteiger partial charge in [-0.15, -0.1) is 0 Å². The van der Waals surface area contributed by atoms with E-state index >= 15 is 0 Å². The Morgan fingerprint density at radius 2 is 1.23 bits per heavy atom. The highest BCUT2D eigenvalue weighted by atomic mass is 15.2. The molecule has 0 saturated heterocycles. The van der Waals surface area contributed by atoms with Crippen molar-refractivity contribution in [3.8, 4) is 22.3 Å². The van der Waals surface area contributed by atoms with Crippen molar-refractivity contribution in [2.24, 2.45) is 0 Å². The number of nitrogens with zero attached hydrogens (tertiary/aromatic N) is 2. The molecule has 3 aliphatic rings. The van der Waals surface area contributed by atoms with Gasteiger partial charge in [0.1, 0.15) is 0 Å². The Hall–Kier alpha value is -5.02. The molecule has 2 nitrogen and oxygen atoms in total. The van der Waals surface area contributed by atoms with Gasteiger partial charge in [-0.25, -0.2) is 0 Å². The van der Waals surface area contributed by atoms with Gasteiger partial charge in [-0.3, -0.25) is 0 Å². The molecule has 6 aromatic carbocycles. The van der Waals surface area contributed by atoms with Crippen molar-refractivity contribution in [1.82, 2.24) is 0 Å². The Morgan fingerprint density at radius 1 is 0.553 bits per heavy atom. The number of benzene rings is 6. The highest BCUT2D eigenvalue weighted by Gasteiger charge is 2.45. The molecule has 9 rings (SSSR count). The zero-order valence-corrected chi connectivity index (χ0v) is 27.5. The molecule has 0 unspecified atom stereocenters. The lowest BCUT2D eigenvalue weighted by Crippen LogP contribution is -2.61. The fourth-order valence-corrected chi connectivity index (χ4v) is 8.37. The van der Waals surface area contributed by atoms with Crippen LogP contribution in [0.5, 0.6) is 0 Å². The number of para-hydroxylation sites is 2. The number of fused-ring (bicyclic) bond motifs is 5. The number of aryl methyl sites for hydroxylation is 1. The second kappa shape index (κ2) is 10.8. The van der Waals surface area contributed by atoms with E-state index in [0.29, 0.717) is 0 Å². The van der Waals surface area contributed by atoms with Gasteiger partial charge >= 0.3 is 6.85 Å². The van der Waals surface area contributed by atoms with Crippen molar-refractivity contribution in [1.29, 1.82) is 0 Å². The van der Waals surface area contributed by atoms with Gasteiger partial charge in [0.05, 0.1) is 0 Å². The molecule has 3 heteroatoms. The summed E-state index contributed by atoms with van der Waals surface area (Å²) in [7, 11) is 0. The number of hydrogen-bond acceptors (Lipinski definition) is 2. The zero-order chi connectivity index (χ0) is 31.7. The smallest absolute Gasteiger partial charge is 0.333 e. The number of rotatable bonds is 3. The summed E-state index contributed by atoms with van der Waals surface area (Å²) in [6.07, 6.45) is 4.75. The second-order valence-corrected chi connectivity index (χ2v) is 14.4. The quantitative estimate of drug-likeness (QED) is 0.185. The monoisotopic (exact) mass is 606 g/mol. The third-order valence-corrected chi connectivity index (χ3v) is 10.6. The SMILES string of the molecule is CC(C)(C)c1ccc(N2c3ccccc3B3c4c(cccc42)-c2ccccc2N3c2c(-c3ccccc3)ccc3c2CCCC3)cc1. The summed E-state index contributed by atoms with van der Waals surface area (Å²) in [6.45, 7) is 6.89. The highest BCUT2D eigenvalue weighted by Crippen LogP contribution is 2.50. The molecule has 2 heterocycles. The van der Waals surface area contributed by atoms with Gasteiger partial charge in [-0.1, -0.05) is 124 Å². The summed E-state index contributed by atoms with van der Waals surface area (Å²) in [4.78, 5) is 5.23. The molecule has 0 N–H and O–H groups in total. The molecule has 0 bridgehead atoms. The predicted molar refractivity (Wildman–Crippen MR) is 201 cm³/mol. The lowest BCUT2D eigenvalue weighted by Gasteiger charge is -2.47. The van der Waals surface area contributed by atoms with E-state index in [0.717, 1.165) is 12.8 Å². The van der Waals surface area contributed by atoms with E-state index in [1.54, 1.807) is 0 Å². The zero-order valence-electron chi connectivity index (χ0n) is 27.5. The van der Waals surface area contributed by atoms with Crippen LogP contribution in [-0.4, -0.2) is 6.85 Å². The molecule has 47 heavy (non-hydrogen) atoms. The maximum Gasteiger partial charge on any atom is 0.333 e. The summed E-state index contributed by atoms with van der Waals surface area (Å²) in [5.74, 6) is 0. The van der Waals surface area contributed by atoms with Crippen molar-refractivity contribution >= 4 is 46.2 Å².